The van der Waals surface area contributed by atoms with Crippen LogP contribution >= 0.6 is 0 Å². The average molecular weight is 278 g/mol. The molecule has 5 heteroatoms. The van der Waals surface area contributed by atoms with Gasteiger partial charge in [0, 0.05) is 11.1 Å². The second kappa shape index (κ2) is 4.59. The molecule has 0 atom stereocenters. The van der Waals surface area contributed by atoms with Crippen molar-refractivity contribution in [3.05, 3.63) is 65.2 Å². The quantitative estimate of drug-likeness (QED) is 0.714. The van der Waals surface area contributed by atoms with Crippen molar-refractivity contribution in [3.8, 4) is 5.75 Å². The largest absolute Gasteiger partial charge is 0.416 e. The van der Waals surface area contributed by atoms with Gasteiger partial charge in [-0.2, -0.15) is 13.2 Å². The number of halogens is 3. The van der Waals surface area contributed by atoms with Gasteiger partial charge in [-0.15, -0.1) is 0 Å². The number of alkyl halides is 3. The standard InChI is InChI=1S/C15H9F3O2/c16-15(17,18)12-7-5-10(6-8-12)14-9-11-3-1-2-4-13(11)19-20-14/h1-9H. The highest BCUT2D eigenvalue weighted by Crippen LogP contribution is 2.33. The van der Waals surface area contributed by atoms with E-state index in [1.165, 1.54) is 12.1 Å². The number of hydrogen-bond acceptors (Lipinski definition) is 2. The number of rotatable bonds is 1. The lowest BCUT2D eigenvalue weighted by molar-refractivity contribution is -0.137. The lowest BCUT2D eigenvalue weighted by Gasteiger charge is -2.16. The van der Waals surface area contributed by atoms with E-state index in [1.54, 1.807) is 18.2 Å². The molecule has 102 valence electrons. The van der Waals surface area contributed by atoms with Gasteiger partial charge in [-0.05, 0) is 24.3 Å². The highest BCUT2D eigenvalue weighted by Gasteiger charge is 2.30. The van der Waals surface area contributed by atoms with E-state index in [1.807, 2.05) is 12.1 Å². The fraction of sp³-hybridized carbons (Fsp3) is 0.0667. The van der Waals surface area contributed by atoms with Gasteiger partial charge in [0.2, 0.25) is 0 Å². The van der Waals surface area contributed by atoms with E-state index in [0.717, 1.165) is 17.7 Å². The van der Waals surface area contributed by atoms with Crippen LogP contribution in [0.4, 0.5) is 13.2 Å². The molecule has 0 aliphatic carbocycles. The van der Waals surface area contributed by atoms with E-state index in [9.17, 15) is 13.2 Å². The van der Waals surface area contributed by atoms with E-state index >= 15 is 0 Å². The molecule has 0 radical (unpaired) electrons. The van der Waals surface area contributed by atoms with Crippen molar-refractivity contribution in [2.24, 2.45) is 0 Å². The number of hydrogen-bond donors (Lipinski definition) is 0. The van der Waals surface area contributed by atoms with Crippen LogP contribution in [-0.4, -0.2) is 0 Å². The molecule has 0 aromatic heterocycles. The van der Waals surface area contributed by atoms with Crippen LogP contribution in [0, 0.1) is 0 Å². The predicted molar refractivity (Wildman–Crippen MR) is 67.5 cm³/mol. The Morgan fingerprint density at radius 2 is 1.50 bits per heavy atom. The fourth-order valence-electron chi connectivity index (χ4n) is 1.89. The molecule has 1 heterocycles. The molecule has 0 N–H and O–H groups in total. The number of fused-ring (bicyclic) bond motifs is 1. The van der Waals surface area contributed by atoms with Crippen LogP contribution in [0.2, 0.25) is 0 Å². The molecule has 2 aromatic rings. The van der Waals surface area contributed by atoms with Gasteiger partial charge < -0.3 is 0 Å². The Balaban J connectivity index is 1.93. The molecule has 0 saturated carbocycles. The zero-order valence-corrected chi connectivity index (χ0v) is 10.1. The Hall–Kier alpha value is -2.43. The Labute approximate surface area is 113 Å². The minimum Gasteiger partial charge on any atom is -0.289 e. The first kappa shape index (κ1) is 12.6. The molecule has 20 heavy (non-hydrogen) atoms. The molecular weight excluding hydrogens is 269 g/mol. The first-order chi connectivity index (χ1) is 9.54. The fourth-order valence-corrected chi connectivity index (χ4v) is 1.89. The van der Waals surface area contributed by atoms with Gasteiger partial charge in [0.15, 0.2) is 11.5 Å². The molecule has 0 saturated heterocycles. The van der Waals surface area contributed by atoms with E-state index < -0.39 is 11.7 Å². The monoisotopic (exact) mass is 278 g/mol. The third kappa shape index (κ3) is 2.34. The maximum Gasteiger partial charge on any atom is 0.416 e. The molecule has 0 unspecified atom stereocenters. The van der Waals surface area contributed by atoms with Crippen molar-refractivity contribution < 1.29 is 22.9 Å². The molecule has 0 fully saturated rings. The summed E-state index contributed by atoms with van der Waals surface area (Å²) in [5.74, 6) is 0.945. The van der Waals surface area contributed by atoms with Crippen molar-refractivity contribution in [1.82, 2.24) is 0 Å². The Morgan fingerprint density at radius 3 is 2.20 bits per heavy atom. The molecule has 0 bridgehead atoms. The van der Waals surface area contributed by atoms with Crippen LogP contribution < -0.4 is 4.89 Å². The van der Waals surface area contributed by atoms with Crippen LogP contribution in [0.25, 0.3) is 11.8 Å². The highest BCUT2D eigenvalue weighted by molar-refractivity contribution is 5.80. The van der Waals surface area contributed by atoms with Gasteiger partial charge in [0.1, 0.15) is 0 Å². The van der Waals surface area contributed by atoms with Gasteiger partial charge >= 0.3 is 6.18 Å². The number of benzene rings is 2. The summed E-state index contributed by atoms with van der Waals surface area (Å²) in [6.45, 7) is 0. The first-order valence-corrected chi connectivity index (χ1v) is 5.87. The van der Waals surface area contributed by atoms with Crippen molar-refractivity contribution in [1.29, 1.82) is 0 Å². The lowest BCUT2D eigenvalue weighted by Crippen LogP contribution is -2.06. The minimum absolute atomic E-state index is 0.373. The molecule has 1 aliphatic rings. The minimum atomic E-state index is -4.34. The second-order valence-electron chi connectivity index (χ2n) is 4.29. The van der Waals surface area contributed by atoms with Crippen molar-refractivity contribution in [3.63, 3.8) is 0 Å². The molecular formula is C15H9F3O2. The second-order valence-corrected chi connectivity index (χ2v) is 4.29. The third-order valence-electron chi connectivity index (χ3n) is 2.92. The maximum atomic E-state index is 12.5. The van der Waals surface area contributed by atoms with E-state index in [0.29, 0.717) is 17.1 Å². The SMILES string of the molecule is FC(F)(F)c1ccc(C2=Cc3ccccc3OO2)cc1. The van der Waals surface area contributed by atoms with Crippen molar-refractivity contribution >= 4 is 11.8 Å². The van der Waals surface area contributed by atoms with Crippen LogP contribution in [0.15, 0.2) is 48.5 Å². The third-order valence-corrected chi connectivity index (χ3v) is 2.92. The van der Waals surface area contributed by atoms with E-state index in [2.05, 4.69) is 0 Å². The molecule has 3 rings (SSSR count). The highest BCUT2D eigenvalue weighted by atomic mass is 19.4. The van der Waals surface area contributed by atoms with Crippen molar-refractivity contribution in [2.45, 2.75) is 6.18 Å². The smallest absolute Gasteiger partial charge is 0.289 e. The summed E-state index contributed by atoms with van der Waals surface area (Å²) < 4.78 is 37.5. The molecule has 0 amide bonds. The van der Waals surface area contributed by atoms with E-state index in [-0.39, 0.29) is 0 Å². The molecule has 1 aliphatic heterocycles. The van der Waals surface area contributed by atoms with Crippen LogP contribution in [0.5, 0.6) is 5.75 Å². The summed E-state index contributed by atoms with van der Waals surface area (Å²) in [5, 5.41) is 0. The Kier molecular flexibility index (Phi) is 2.89. The summed E-state index contributed by atoms with van der Waals surface area (Å²) in [5.41, 5.74) is 0.639. The first-order valence-electron chi connectivity index (χ1n) is 5.87. The zero-order chi connectivity index (χ0) is 14.2. The summed E-state index contributed by atoms with van der Waals surface area (Å²) >= 11 is 0. The Morgan fingerprint density at radius 1 is 0.800 bits per heavy atom. The van der Waals surface area contributed by atoms with Gasteiger partial charge in [-0.1, -0.05) is 30.3 Å². The van der Waals surface area contributed by atoms with Crippen molar-refractivity contribution in [2.75, 3.05) is 0 Å². The summed E-state index contributed by atoms with van der Waals surface area (Å²) in [6, 6.07) is 12.0. The maximum absolute atomic E-state index is 12.5. The normalized spacial score (nSPS) is 13.8. The number of para-hydroxylation sites is 1. The average Bonchev–Trinajstić information content (AvgIpc) is 2.46. The van der Waals surface area contributed by atoms with Crippen LogP contribution in [-0.2, 0) is 11.1 Å². The van der Waals surface area contributed by atoms with Gasteiger partial charge in [0.05, 0.1) is 5.56 Å². The molecule has 0 spiro atoms. The predicted octanol–water partition coefficient (Wildman–Crippen LogP) is 4.53. The molecule has 2 nitrogen and oxygen atoms in total. The topological polar surface area (TPSA) is 18.5 Å². The van der Waals surface area contributed by atoms with Crippen LogP contribution in [0.1, 0.15) is 16.7 Å². The summed E-state index contributed by atoms with van der Waals surface area (Å²) in [7, 11) is 0. The lowest BCUT2D eigenvalue weighted by atomic mass is 10.1. The van der Waals surface area contributed by atoms with E-state index in [4.69, 9.17) is 9.78 Å². The summed E-state index contributed by atoms with van der Waals surface area (Å²) in [6.07, 6.45) is -2.62. The van der Waals surface area contributed by atoms with Gasteiger partial charge in [-0.25, -0.2) is 0 Å². The molecule has 2 aromatic carbocycles. The van der Waals surface area contributed by atoms with Gasteiger partial charge in [0.25, 0.3) is 0 Å². The Bertz CT molecular complexity index is 658. The zero-order valence-electron chi connectivity index (χ0n) is 10.1. The summed E-state index contributed by atoms with van der Waals surface area (Å²) in [4.78, 5) is 10.2. The van der Waals surface area contributed by atoms with Gasteiger partial charge in [-0.3, -0.25) is 9.78 Å². The van der Waals surface area contributed by atoms with Crippen LogP contribution in [0.3, 0.4) is 0 Å².